The summed E-state index contributed by atoms with van der Waals surface area (Å²) in [6, 6.07) is 0.0984. The monoisotopic (exact) mass is 316 g/mol. The van der Waals surface area contributed by atoms with Crippen LogP contribution in [-0.2, 0) is 16.6 Å². The van der Waals surface area contributed by atoms with Crippen molar-refractivity contribution in [3.8, 4) is 0 Å². The number of nitrogens with zero attached hydrogens (tertiary/aromatic N) is 1. The van der Waals surface area contributed by atoms with E-state index in [0.29, 0.717) is 23.9 Å². The maximum Gasteiger partial charge on any atom is 0.244 e. The van der Waals surface area contributed by atoms with Gasteiger partial charge in [-0.3, -0.25) is 0 Å². The normalized spacial score (nSPS) is 24.4. The zero-order chi connectivity index (χ0) is 14.9. The molecule has 2 atom stereocenters. The van der Waals surface area contributed by atoms with Crippen LogP contribution in [0.1, 0.15) is 37.6 Å². The first kappa shape index (κ1) is 15.9. The molecule has 1 fully saturated rings. The van der Waals surface area contributed by atoms with E-state index in [4.69, 9.17) is 0 Å². The summed E-state index contributed by atoms with van der Waals surface area (Å²) in [4.78, 5) is 1.46. The van der Waals surface area contributed by atoms with Crippen LogP contribution in [0.3, 0.4) is 0 Å². The fourth-order valence-electron chi connectivity index (χ4n) is 2.91. The predicted molar refractivity (Wildman–Crippen MR) is 83.6 cm³/mol. The zero-order valence-electron chi connectivity index (χ0n) is 12.6. The molecule has 2 rings (SSSR count). The number of nitrogens with one attached hydrogen (secondary N) is 1. The molecule has 4 nitrogen and oxygen atoms in total. The van der Waals surface area contributed by atoms with E-state index in [-0.39, 0.29) is 6.04 Å². The lowest BCUT2D eigenvalue weighted by Gasteiger charge is -2.22. The number of aryl methyl sites for hydroxylation is 1. The molecule has 1 saturated heterocycles. The van der Waals surface area contributed by atoms with Crippen LogP contribution in [0.2, 0.25) is 0 Å². The molecule has 0 saturated carbocycles. The highest BCUT2D eigenvalue weighted by atomic mass is 32.2. The number of hydrogen-bond acceptors (Lipinski definition) is 4. The second-order valence-corrected chi connectivity index (χ2v) is 8.51. The zero-order valence-corrected chi connectivity index (χ0v) is 14.3. The minimum Gasteiger partial charge on any atom is -0.312 e. The maximum absolute atomic E-state index is 13.0. The molecule has 1 aromatic heterocycles. The third-order valence-corrected chi connectivity index (χ3v) is 7.26. The first-order chi connectivity index (χ1) is 9.37. The minimum absolute atomic E-state index is 0.0984. The van der Waals surface area contributed by atoms with Crippen molar-refractivity contribution in [2.45, 2.75) is 51.6 Å². The fourth-order valence-corrected chi connectivity index (χ4v) is 6.40. The second-order valence-electron chi connectivity index (χ2n) is 5.72. The molecular weight excluding hydrogens is 292 g/mol. The van der Waals surface area contributed by atoms with Crippen molar-refractivity contribution in [2.24, 2.45) is 5.92 Å². The summed E-state index contributed by atoms with van der Waals surface area (Å²) in [7, 11) is -3.37. The van der Waals surface area contributed by atoms with Crippen LogP contribution >= 0.6 is 11.3 Å². The summed E-state index contributed by atoms with van der Waals surface area (Å²) >= 11 is 1.54. The van der Waals surface area contributed by atoms with E-state index in [1.165, 1.54) is 11.3 Å². The van der Waals surface area contributed by atoms with Gasteiger partial charge >= 0.3 is 0 Å². The SMILES string of the molecule is CCNCc1scc(C)c1S(=O)(=O)N1CC(C)CC1C. The van der Waals surface area contributed by atoms with Gasteiger partial charge in [0.1, 0.15) is 4.90 Å². The van der Waals surface area contributed by atoms with Gasteiger partial charge in [-0.15, -0.1) is 11.3 Å². The summed E-state index contributed by atoms with van der Waals surface area (Å²) in [6.07, 6.45) is 0.949. The summed E-state index contributed by atoms with van der Waals surface area (Å²) in [5.74, 6) is 0.441. The van der Waals surface area contributed by atoms with Crippen LogP contribution in [0.15, 0.2) is 10.3 Å². The summed E-state index contributed by atoms with van der Waals surface area (Å²) in [5, 5.41) is 5.18. The topological polar surface area (TPSA) is 49.4 Å². The summed E-state index contributed by atoms with van der Waals surface area (Å²) < 4.78 is 27.6. The Kier molecular flexibility index (Phi) is 4.89. The molecule has 1 aliphatic heterocycles. The second kappa shape index (κ2) is 6.13. The van der Waals surface area contributed by atoms with Gasteiger partial charge < -0.3 is 5.32 Å². The molecule has 0 amide bonds. The Morgan fingerprint density at radius 3 is 2.70 bits per heavy atom. The number of thiophene rings is 1. The van der Waals surface area contributed by atoms with Crippen molar-refractivity contribution in [3.05, 3.63) is 15.8 Å². The molecule has 2 unspecified atom stereocenters. The van der Waals surface area contributed by atoms with Crippen LogP contribution in [0.25, 0.3) is 0 Å². The van der Waals surface area contributed by atoms with Crippen molar-refractivity contribution in [2.75, 3.05) is 13.1 Å². The number of hydrogen-bond donors (Lipinski definition) is 1. The van der Waals surface area contributed by atoms with Crippen molar-refractivity contribution in [3.63, 3.8) is 0 Å². The van der Waals surface area contributed by atoms with Crippen molar-refractivity contribution in [1.29, 1.82) is 0 Å². The van der Waals surface area contributed by atoms with Crippen molar-refractivity contribution >= 4 is 21.4 Å². The molecule has 0 radical (unpaired) electrons. The van der Waals surface area contributed by atoms with Gasteiger partial charge in [0.25, 0.3) is 0 Å². The van der Waals surface area contributed by atoms with Crippen LogP contribution in [0.5, 0.6) is 0 Å². The van der Waals surface area contributed by atoms with E-state index >= 15 is 0 Å². The Morgan fingerprint density at radius 1 is 1.45 bits per heavy atom. The van der Waals surface area contributed by atoms with Crippen LogP contribution in [0.4, 0.5) is 0 Å². The first-order valence-electron chi connectivity index (χ1n) is 7.17. The average molecular weight is 316 g/mol. The first-order valence-corrected chi connectivity index (χ1v) is 9.49. The molecule has 0 bridgehead atoms. The van der Waals surface area contributed by atoms with Crippen molar-refractivity contribution in [1.82, 2.24) is 9.62 Å². The third kappa shape index (κ3) is 2.93. The van der Waals surface area contributed by atoms with E-state index in [9.17, 15) is 8.42 Å². The fraction of sp³-hybridized carbons (Fsp3) is 0.714. The Labute approximate surface area is 126 Å². The average Bonchev–Trinajstić information content (AvgIpc) is 2.90. The number of sulfonamides is 1. The lowest BCUT2D eigenvalue weighted by molar-refractivity contribution is 0.405. The van der Waals surface area contributed by atoms with Gasteiger partial charge in [0.05, 0.1) is 0 Å². The molecule has 0 aliphatic carbocycles. The Bertz CT molecular complexity index is 566. The molecule has 2 heterocycles. The standard InChI is InChI=1S/C14H24N2O2S2/c1-5-15-7-13-14(11(3)9-19-13)20(17,18)16-8-10(2)6-12(16)4/h9-10,12,15H,5-8H2,1-4H3. The minimum atomic E-state index is -3.37. The quantitative estimate of drug-likeness (QED) is 0.908. The molecule has 114 valence electrons. The third-order valence-electron chi connectivity index (χ3n) is 3.82. The molecule has 6 heteroatoms. The highest BCUT2D eigenvalue weighted by Gasteiger charge is 2.38. The molecule has 0 aromatic carbocycles. The lowest BCUT2D eigenvalue weighted by atomic mass is 10.1. The van der Waals surface area contributed by atoms with E-state index in [0.717, 1.165) is 23.4 Å². The Morgan fingerprint density at radius 2 is 2.15 bits per heavy atom. The van der Waals surface area contributed by atoms with Gasteiger partial charge in [0.2, 0.25) is 10.0 Å². The maximum atomic E-state index is 13.0. The Hall–Kier alpha value is -0.430. The molecular formula is C14H24N2O2S2. The van der Waals surface area contributed by atoms with Crippen molar-refractivity contribution < 1.29 is 8.42 Å². The van der Waals surface area contributed by atoms with Crippen LogP contribution in [0, 0.1) is 12.8 Å². The molecule has 1 aromatic rings. The van der Waals surface area contributed by atoms with Gasteiger partial charge in [-0.1, -0.05) is 13.8 Å². The van der Waals surface area contributed by atoms with Gasteiger partial charge in [-0.25, -0.2) is 8.42 Å². The lowest BCUT2D eigenvalue weighted by Crippen LogP contribution is -2.34. The molecule has 0 spiro atoms. The highest BCUT2D eigenvalue weighted by Crippen LogP contribution is 2.34. The van der Waals surface area contributed by atoms with E-state index in [1.54, 1.807) is 4.31 Å². The summed E-state index contributed by atoms with van der Waals surface area (Å²) in [5.41, 5.74) is 0.870. The van der Waals surface area contributed by atoms with Crippen LogP contribution < -0.4 is 5.32 Å². The van der Waals surface area contributed by atoms with E-state index in [1.807, 2.05) is 26.2 Å². The Balaban J connectivity index is 2.36. The van der Waals surface area contributed by atoms with Gasteiger partial charge in [0.15, 0.2) is 0 Å². The van der Waals surface area contributed by atoms with Gasteiger partial charge in [-0.2, -0.15) is 4.31 Å². The predicted octanol–water partition coefficient (Wildman–Crippen LogP) is 2.59. The van der Waals surface area contributed by atoms with Gasteiger partial charge in [-0.05, 0) is 43.7 Å². The van der Waals surface area contributed by atoms with E-state index in [2.05, 4.69) is 12.2 Å². The van der Waals surface area contributed by atoms with Gasteiger partial charge in [0, 0.05) is 24.0 Å². The molecule has 1 aliphatic rings. The largest absolute Gasteiger partial charge is 0.312 e. The molecule has 20 heavy (non-hydrogen) atoms. The number of rotatable bonds is 5. The highest BCUT2D eigenvalue weighted by molar-refractivity contribution is 7.89. The molecule has 1 N–H and O–H groups in total. The van der Waals surface area contributed by atoms with Crippen LogP contribution in [-0.4, -0.2) is 31.9 Å². The summed E-state index contributed by atoms with van der Waals surface area (Å²) in [6.45, 7) is 10.1. The van der Waals surface area contributed by atoms with E-state index < -0.39 is 10.0 Å². The smallest absolute Gasteiger partial charge is 0.244 e.